The summed E-state index contributed by atoms with van der Waals surface area (Å²) in [6.45, 7) is 2.72. The molecule has 0 spiro atoms. The Morgan fingerprint density at radius 3 is 2.81 bits per heavy atom. The Morgan fingerprint density at radius 2 is 2.08 bits per heavy atom. The van der Waals surface area contributed by atoms with Crippen LogP contribution in [0.1, 0.15) is 36.9 Å². The zero-order chi connectivity index (χ0) is 16.9. The molecule has 1 aliphatic rings. The topological polar surface area (TPSA) is 68.0 Å². The minimum Gasteiger partial charge on any atom is -0.353 e. The maximum Gasteiger partial charge on any atom is 0.226 e. The van der Waals surface area contributed by atoms with Crippen molar-refractivity contribution in [2.24, 2.45) is 11.7 Å². The molecule has 1 saturated carbocycles. The number of halogens is 2. The largest absolute Gasteiger partial charge is 0.353 e. The average molecular weight is 416 g/mol. The van der Waals surface area contributed by atoms with Gasteiger partial charge in [-0.3, -0.25) is 4.79 Å². The molecule has 4 nitrogen and oxygen atoms in total. The van der Waals surface area contributed by atoms with Gasteiger partial charge >= 0.3 is 0 Å². The molecule has 1 aromatic heterocycles. The van der Waals surface area contributed by atoms with E-state index in [-0.39, 0.29) is 36.8 Å². The second kappa shape index (κ2) is 10.9. The van der Waals surface area contributed by atoms with Crippen molar-refractivity contribution in [2.75, 3.05) is 6.54 Å². The molecule has 0 aliphatic heterocycles. The second-order valence-corrected chi connectivity index (χ2v) is 7.50. The number of nitrogens with zero attached hydrogens (tertiary/aromatic N) is 1. The number of aromatic nitrogens is 1. The van der Waals surface area contributed by atoms with Crippen molar-refractivity contribution in [3.05, 3.63) is 40.9 Å². The van der Waals surface area contributed by atoms with E-state index in [4.69, 9.17) is 5.73 Å². The lowest BCUT2D eigenvalue weighted by molar-refractivity contribution is -0.121. The predicted molar refractivity (Wildman–Crippen MR) is 113 cm³/mol. The Kier molecular flexibility index (Phi) is 9.58. The van der Waals surface area contributed by atoms with Crippen LogP contribution in [0.2, 0.25) is 0 Å². The van der Waals surface area contributed by atoms with Crippen molar-refractivity contribution >= 4 is 42.1 Å². The molecule has 26 heavy (non-hydrogen) atoms. The van der Waals surface area contributed by atoms with E-state index in [1.807, 2.05) is 11.4 Å². The molecule has 2 atom stereocenters. The zero-order valence-corrected chi connectivity index (χ0v) is 17.4. The minimum atomic E-state index is 0. The summed E-state index contributed by atoms with van der Waals surface area (Å²) < 4.78 is 0. The van der Waals surface area contributed by atoms with Crippen molar-refractivity contribution in [1.29, 1.82) is 0 Å². The number of hydrogen-bond acceptors (Lipinski definition) is 4. The molecule has 3 N–H and O–H groups in total. The fourth-order valence-corrected chi connectivity index (χ4v) is 4.22. The van der Waals surface area contributed by atoms with Gasteiger partial charge in [-0.05, 0) is 38.3 Å². The average Bonchev–Trinajstić information content (AvgIpc) is 3.03. The van der Waals surface area contributed by atoms with E-state index < -0.39 is 0 Å². The van der Waals surface area contributed by atoms with E-state index in [2.05, 4.69) is 35.4 Å². The predicted octanol–water partition coefficient (Wildman–Crippen LogP) is 4.14. The number of carbonyl (C=O) groups is 1. The molecule has 2 aromatic rings. The standard InChI is InChI=1S/C19H25N3OS.2ClH/c1-13-5-4-7-14(9-13)19-21-16(12-24-19)10-18(23)22-17-8-3-2-6-15(17)11-20;;/h4-5,7,9,12,15,17H,2-3,6,8,10-11,20H2,1H3,(H,22,23);2*1H. The Balaban J connectivity index is 0.00000169. The summed E-state index contributed by atoms with van der Waals surface area (Å²) in [5, 5.41) is 6.13. The second-order valence-electron chi connectivity index (χ2n) is 6.64. The van der Waals surface area contributed by atoms with Crippen LogP contribution in [0.4, 0.5) is 0 Å². The van der Waals surface area contributed by atoms with Crippen LogP contribution in [0.3, 0.4) is 0 Å². The van der Waals surface area contributed by atoms with E-state index in [0.29, 0.717) is 18.9 Å². The number of carbonyl (C=O) groups excluding carboxylic acids is 1. The van der Waals surface area contributed by atoms with Gasteiger partial charge in [0.2, 0.25) is 5.91 Å². The van der Waals surface area contributed by atoms with Gasteiger partial charge in [-0.1, -0.05) is 36.6 Å². The highest BCUT2D eigenvalue weighted by atomic mass is 35.5. The summed E-state index contributed by atoms with van der Waals surface area (Å²) in [4.78, 5) is 17.0. The molecule has 1 aliphatic carbocycles. The number of aryl methyl sites for hydroxylation is 1. The van der Waals surface area contributed by atoms with Gasteiger partial charge in [0, 0.05) is 17.0 Å². The van der Waals surface area contributed by atoms with Gasteiger partial charge < -0.3 is 11.1 Å². The van der Waals surface area contributed by atoms with Crippen molar-refractivity contribution in [1.82, 2.24) is 10.3 Å². The molecule has 1 heterocycles. The highest BCUT2D eigenvalue weighted by molar-refractivity contribution is 7.13. The number of benzene rings is 1. The molecule has 1 aromatic carbocycles. The first-order valence-corrected chi connectivity index (χ1v) is 9.54. The van der Waals surface area contributed by atoms with E-state index in [1.54, 1.807) is 11.3 Å². The van der Waals surface area contributed by atoms with Gasteiger partial charge in [0.25, 0.3) is 0 Å². The highest BCUT2D eigenvalue weighted by Crippen LogP contribution is 2.25. The summed E-state index contributed by atoms with van der Waals surface area (Å²) in [5.41, 5.74) is 9.01. The summed E-state index contributed by atoms with van der Waals surface area (Å²) in [7, 11) is 0. The van der Waals surface area contributed by atoms with Crippen molar-refractivity contribution in [3.8, 4) is 10.6 Å². The molecule has 2 unspecified atom stereocenters. The lowest BCUT2D eigenvalue weighted by Gasteiger charge is -2.31. The normalized spacial score (nSPS) is 19.2. The Labute approximate surface area is 171 Å². The molecule has 7 heteroatoms. The Morgan fingerprint density at radius 1 is 1.31 bits per heavy atom. The third-order valence-electron chi connectivity index (χ3n) is 4.72. The molecule has 1 fully saturated rings. The Bertz CT molecular complexity index is 708. The minimum absolute atomic E-state index is 0. The van der Waals surface area contributed by atoms with Crippen molar-refractivity contribution in [2.45, 2.75) is 45.1 Å². The van der Waals surface area contributed by atoms with Crippen molar-refractivity contribution in [3.63, 3.8) is 0 Å². The molecule has 144 valence electrons. The first-order valence-electron chi connectivity index (χ1n) is 8.66. The van der Waals surface area contributed by atoms with Crippen LogP contribution in [0, 0.1) is 12.8 Å². The number of nitrogens with two attached hydrogens (primary N) is 1. The van der Waals surface area contributed by atoms with Crippen LogP contribution >= 0.6 is 36.2 Å². The Hall–Kier alpha value is -1.14. The number of amides is 1. The maximum absolute atomic E-state index is 12.4. The number of thiazole rings is 1. The molecule has 3 rings (SSSR count). The number of nitrogens with one attached hydrogen (secondary N) is 1. The van der Waals surface area contributed by atoms with Crippen molar-refractivity contribution < 1.29 is 4.79 Å². The van der Waals surface area contributed by atoms with Crippen LogP contribution in [-0.2, 0) is 11.2 Å². The fourth-order valence-electron chi connectivity index (χ4n) is 3.40. The number of rotatable bonds is 5. The van der Waals surface area contributed by atoms with Crippen LogP contribution in [0.15, 0.2) is 29.6 Å². The van der Waals surface area contributed by atoms with Crippen LogP contribution in [0.5, 0.6) is 0 Å². The van der Waals surface area contributed by atoms with E-state index >= 15 is 0 Å². The zero-order valence-electron chi connectivity index (χ0n) is 14.9. The SMILES string of the molecule is Cc1cccc(-c2nc(CC(=O)NC3CCCCC3CN)cs2)c1.Cl.Cl. The quantitative estimate of drug-likeness (QED) is 0.770. The van der Waals surface area contributed by atoms with Gasteiger partial charge in [-0.15, -0.1) is 36.2 Å². The van der Waals surface area contributed by atoms with Gasteiger partial charge in [-0.25, -0.2) is 4.98 Å². The van der Waals surface area contributed by atoms with Crippen LogP contribution in [-0.4, -0.2) is 23.5 Å². The molecule has 0 bridgehead atoms. The molecular weight excluding hydrogens is 389 g/mol. The maximum atomic E-state index is 12.4. The highest BCUT2D eigenvalue weighted by Gasteiger charge is 2.25. The van der Waals surface area contributed by atoms with Gasteiger partial charge in [0.05, 0.1) is 12.1 Å². The molecule has 0 saturated heterocycles. The van der Waals surface area contributed by atoms with Crippen LogP contribution < -0.4 is 11.1 Å². The van der Waals surface area contributed by atoms with E-state index in [0.717, 1.165) is 29.1 Å². The van der Waals surface area contributed by atoms with Gasteiger partial charge in [0.15, 0.2) is 0 Å². The molecule has 0 radical (unpaired) electrons. The summed E-state index contributed by atoms with van der Waals surface area (Å²) in [6, 6.07) is 8.52. The van der Waals surface area contributed by atoms with Gasteiger partial charge in [-0.2, -0.15) is 0 Å². The smallest absolute Gasteiger partial charge is 0.226 e. The third-order valence-corrected chi connectivity index (χ3v) is 5.66. The lowest BCUT2D eigenvalue weighted by atomic mass is 9.84. The fraction of sp³-hybridized carbons (Fsp3) is 0.474. The monoisotopic (exact) mass is 415 g/mol. The number of hydrogen-bond donors (Lipinski definition) is 2. The molecule has 1 amide bonds. The lowest BCUT2D eigenvalue weighted by Crippen LogP contribution is -2.45. The van der Waals surface area contributed by atoms with Crippen LogP contribution in [0.25, 0.3) is 10.6 Å². The van der Waals surface area contributed by atoms with E-state index in [1.165, 1.54) is 18.4 Å². The van der Waals surface area contributed by atoms with E-state index in [9.17, 15) is 4.79 Å². The first-order chi connectivity index (χ1) is 11.7. The summed E-state index contributed by atoms with van der Waals surface area (Å²) in [6.07, 6.45) is 4.90. The van der Waals surface area contributed by atoms with Gasteiger partial charge in [0.1, 0.15) is 5.01 Å². The summed E-state index contributed by atoms with van der Waals surface area (Å²) in [5.74, 6) is 0.474. The first kappa shape index (κ1) is 22.9. The summed E-state index contributed by atoms with van der Waals surface area (Å²) >= 11 is 1.59. The molecular formula is C19H27Cl2N3OS. The third kappa shape index (κ3) is 5.95.